The van der Waals surface area contributed by atoms with Crippen LogP contribution in [0.2, 0.25) is 0 Å². The van der Waals surface area contributed by atoms with Crippen molar-refractivity contribution in [1.29, 1.82) is 0 Å². The summed E-state index contributed by atoms with van der Waals surface area (Å²) in [5.41, 5.74) is -1.46. The third-order valence-corrected chi connectivity index (χ3v) is 7.08. The van der Waals surface area contributed by atoms with Crippen LogP contribution in [0, 0.1) is 0 Å². The monoisotopic (exact) mass is 385 g/mol. The van der Waals surface area contributed by atoms with Gasteiger partial charge in [0.1, 0.15) is 0 Å². The lowest BCUT2D eigenvalue weighted by molar-refractivity contribution is -0.168. The first-order valence-corrected chi connectivity index (χ1v) is 10.2. The molecule has 0 spiro atoms. The molecule has 0 aliphatic carbocycles. The van der Waals surface area contributed by atoms with Gasteiger partial charge in [-0.25, -0.2) is 9.59 Å². The topological polar surface area (TPSA) is 108 Å². The second-order valence-corrected chi connectivity index (χ2v) is 8.54. The van der Waals surface area contributed by atoms with Gasteiger partial charge in [-0.1, -0.05) is 6.42 Å². The van der Waals surface area contributed by atoms with E-state index >= 15 is 0 Å². The Hall–Kier alpha value is -1.48. The molecular formula is C17H27N3O5S. The Labute approximate surface area is 157 Å². The highest BCUT2D eigenvalue weighted by Crippen LogP contribution is 2.33. The molecule has 0 unspecified atom stereocenters. The van der Waals surface area contributed by atoms with Gasteiger partial charge in [0.15, 0.2) is 5.60 Å². The number of likely N-dealkylation sites (tertiary alicyclic amines) is 1. The molecule has 0 bridgehead atoms. The van der Waals surface area contributed by atoms with Gasteiger partial charge >= 0.3 is 12.0 Å². The van der Waals surface area contributed by atoms with Gasteiger partial charge in [-0.3, -0.25) is 4.79 Å². The summed E-state index contributed by atoms with van der Waals surface area (Å²) in [4.78, 5) is 37.0. The van der Waals surface area contributed by atoms with E-state index in [4.69, 9.17) is 0 Å². The van der Waals surface area contributed by atoms with Gasteiger partial charge in [0, 0.05) is 43.4 Å². The number of methoxy groups -OCH3 is 1. The minimum Gasteiger partial charge on any atom is -0.467 e. The smallest absolute Gasteiger partial charge is 0.337 e. The standard InChI is InChI=1S/C17H27N3O5S/c1-25-15(22)17(24)6-8-20(9-7-17)13(21)5-3-2-4-12-14-11(10-26-12)18-16(23)19-14/h11-12,14,24H,2-10H2,1H3,(H2,18,19,23)/t11-,12-,14-/m0/s1. The molecule has 3 fully saturated rings. The largest absolute Gasteiger partial charge is 0.467 e. The summed E-state index contributed by atoms with van der Waals surface area (Å²) < 4.78 is 4.63. The molecule has 0 aromatic carbocycles. The van der Waals surface area contributed by atoms with Crippen molar-refractivity contribution in [3.63, 3.8) is 0 Å². The number of urea groups is 1. The normalized spacial score (nSPS) is 29.7. The van der Waals surface area contributed by atoms with E-state index in [1.54, 1.807) is 4.90 Å². The number of fused-ring (bicyclic) bond motifs is 1. The first kappa shape index (κ1) is 19.3. The first-order chi connectivity index (χ1) is 12.4. The Bertz CT molecular complexity index is 565. The molecule has 0 aromatic rings. The fourth-order valence-electron chi connectivity index (χ4n) is 3.94. The predicted octanol–water partition coefficient (Wildman–Crippen LogP) is 0.239. The van der Waals surface area contributed by atoms with Gasteiger partial charge in [-0.15, -0.1) is 0 Å². The molecule has 8 nitrogen and oxygen atoms in total. The van der Waals surface area contributed by atoms with Crippen LogP contribution < -0.4 is 10.6 Å². The molecule has 3 N–H and O–H groups in total. The van der Waals surface area contributed by atoms with E-state index in [2.05, 4.69) is 15.4 Å². The summed E-state index contributed by atoms with van der Waals surface area (Å²) >= 11 is 1.88. The lowest BCUT2D eigenvalue weighted by Crippen LogP contribution is -2.51. The van der Waals surface area contributed by atoms with Crippen LogP contribution in [0.15, 0.2) is 0 Å². The number of amides is 3. The number of nitrogens with one attached hydrogen (secondary N) is 2. The van der Waals surface area contributed by atoms with E-state index in [-0.39, 0.29) is 36.9 Å². The number of nitrogens with zero attached hydrogens (tertiary/aromatic N) is 1. The third kappa shape index (κ3) is 4.09. The quantitative estimate of drug-likeness (QED) is 0.343. The number of carbonyl (C=O) groups excluding carboxylic acids is 3. The van der Waals surface area contributed by atoms with Crippen molar-refractivity contribution in [1.82, 2.24) is 15.5 Å². The number of thioether (sulfide) groups is 1. The first-order valence-electron chi connectivity index (χ1n) is 9.20. The summed E-state index contributed by atoms with van der Waals surface area (Å²) in [5.74, 6) is 0.402. The van der Waals surface area contributed by atoms with Crippen LogP contribution in [-0.2, 0) is 14.3 Å². The summed E-state index contributed by atoms with van der Waals surface area (Å²) in [6, 6.07) is 0.375. The zero-order chi connectivity index (χ0) is 18.7. The molecule has 3 rings (SSSR count). The van der Waals surface area contributed by atoms with Crippen molar-refractivity contribution < 1.29 is 24.2 Å². The SMILES string of the molecule is COC(=O)C1(O)CCN(C(=O)CCCC[C@@H]2SC[C@@H]3NC(=O)N[C@@H]32)CC1. The number of ether oxygens (including phenoxy) is 1. The van der Waals surface area contributed by atoms with Crippen molar-refractivity contribution in [2.45, 2.75) is 61.5 Å². The van der Waals surface area contributed by atoms with Crippen molar-refractivity contribution in [3.8, 4) is 0 Å². The number of carbonyl (C=O) groups is 3. The van der Waals surface area contributed by atoms with Gasteiger partial charge < -0.3 is 25.4 Å². The van der Waals surface area contributed by atoms with Crippen LogP contribution in [0.5, 0.6) is 0 Å². The second kappa shape index (κ2) is 8.04. The average molecular weight is 385 g/mol. The zero-order valence-electron chi connectivity index (χ0n) is 15.0. The molecule has 3 atom stereocenters. The molecule has 0 aromatic heterocycles. The molecule has 3 aliphatic rings. The van der Waals surface area contributed by atoms with E-state index in [0.29, 0.717) is 24.8 Å². The molecule has 9 heteroatoms. The molecule has 146 valence electrons. The molecule has 3 saturated heterocycles. The fraction of sp³-hybridized carbons (Fsp3) is 0.824. The van der Waals surface area contributed by atoms with E-state index in [1.165, 1.54) is 7.11 Å². The summed E-state index contributed by atoms with van der Waals surface area (Å²) in [6.07, 6.45) is 3.67. The molecule has 26 heavy (non-hydrogen) atoms. The van der Waals surface area contributed by atoms with Crippen molar-refractivity contribution in [2.24, 2.45) is 0 Å². The van der Waals surface area contributed by atoms with Crippen LogP contribution in [0.25, 0.3) is 0 Å². The number of rotatable bonds is 6. The minimum absolute atomic E-state index is 0.0718. The van der Waals surface area contributed by atoms with Crippen LogP contribution in [-0.4, -0.2) is 76.8 Å². The van der Waals surface area contributed by atoms with Gasteiger partial charge in [0.05, 0.1) is 19.2 Å². The highest BCUT2D eigenvalue weighted by atomic mass is 32.2. The van der Waals surface area contributed by atoms with Gasteiger partial charge in [-0.05, 0) is 12.8 Å². The van der Waals surface area contributed by atoms with Gasteiger partial charge in [0.2, 0.25) is 5.91 Å². The lowest BCUT2D eigenvalue weighted by Gasteiger charge is -2.36. The summed E-state index contributed by atoms with van der Waals surface area (Å²) in [5, 5.41) is 16.5. The molecule has 0 saturated carbocycles. The molecule has 3 amide bonds. The van der Waals surface area contributed by atoms with E-state index in [0.717, 1.165) is 25.0 Å². The molecular weight excluding hydrogens is 358 g/mol. The van der Waals surface area contributed by atoms with Crippen LogP contribution in [0.3, 0.4) is 0 Å². The Morgan fingerprint density at radius 1 is 1.31 bits per heavy atom. The van der Waals surface area contributed by atoms with Crippen molar-refractivity contribution in [3.05, 3.63) is 0 Å². The van der Waals surface area contributed by atoms with Crippen LogP contribution in [0.1, 0.15) is 38.5 Å². The predicted molar refractivity (Wildman–Crippen MR) is 96.7 cm³/mol. The Balaban J connectivity index is 1.34. The second-order valence-electron chi connectivity index (χ2n) is 7.27. The summed E-state index contributed by atoms with van der Waals surface area (Å²) in [6.45, 7) is 0.759. The minimum atomic E-state index is -1.46. The maximum Gasteiger partial charge on any atom is 0.337 e. The van der Waals surface area contributed by atoms with Crippen molar-refractivity contribution >= 4 is 29.7 Å². The number of aliphatic hydroxyl groups is 1. The van der Waals surface area contributed by atoms with Crippen molar-refractivity contribution in [2.75, 3.05) is 26.0 Å². The Morgan fingerprint density at radius 3 is 2.73 bits per heavy atom. The Kier molecular flexibility index (Phi) is 5.96. The maximum atomic E-state index is 12.3. The van der Waals surface area contributed by atoms with Crippen LogP contribution >= 0.6 is 11.8 Å². The summed E-state index contributed by atoms with van der Waals surface area (Å²) in [7, 11) is 1.26. The lowest BCUT2D eigenvalue weighted by atomic mass is 9.91. The molecule has 3 aliphatic heterocycles. The maximum absolute atomic E-state index is 12.3. The van der Waals surface area contributed by atoms with E-state index in [1.807, 2.05) is 11.8 Å². The number of hydrogen-bond acceptors (Lipinski definition) is 6. The third-order valence-electron chi connectivity index (χ3n) is 5.58. The molecule has 0 radical (unpaired) electrons. The highest BCUT2D eigenvalue weighted by Gasteiger charge is 2.43. The highest BCUT2D eigenvalue weighted by molar-refractivity contribution is 8.00. The van der Waals surface area contributed by atoms with E-state index in [9.17, 15) is 19.5 Å². The fourth-order valence-corrected chi connectivity index (χ4v) is 5.49. The van der Waals surface area contributed by atoms with Gasteiger partial charge in [-0.2, -0.15) is 11.8 Å². The number of unbranched alkanes of at least 4 members (excludes halogenated alkanes) is 1. The average Bonchev–Trinajstić information content (AvgIpc) is 3.17. The number of hydrogen-bond donors (Lipinski definition) is 3. The Morgan fingerprint density at radius 2 is 2.04 bits per heavy atom. The number of esters is 1. The van der Waals surface area contributed by atoms with Gasteiger partial charge in [0.25, 0.3) is 0 Å². The molecule has 3 heterocycles. The zero-order valence-corrected chi connectivity index (χ0v) is 15.8. The van der Waals surface area contributed by atoms with Crippen LogP contribution in [0.4, 0.5) is 4.79 Å². The van der Waals surface area contributed by atoms with E-state index < -0.39 is 11.6 Å². The number of piperidine rings is 1.